The van der Waals surface area contributed by atoms with E-state index in [-0.39, 0.29) is 12.5 Å². The quantitative estimate of drug-likeness (QED) is 0.703. The van der Waals surface area contributed by atoms with Gasteiger partial charge in [-0.3, -0.25) is 9.48 Å². The average molecular weight is 400 g/mol. The molecule has 0 saturated heterocycles. The van der Waals surface area contributed by atoms with Crippen LogP contribution in [0.5, 0.6) is 0 Å². The maximum atomic E-state index is 13.4. The van der Waals surface area contributed by atoms with Gasteiger partial charge in [-0.1, -0.05) is 18.2 Å². The highest BCUT2D eigenvalue weighted by molar-refractivity contribution is 6.03. The number of halogens is 3. The van der Waals surface area contributed by atoms with Crippen molar-refractivity contribution in [2.75, 3.05) is 5.32 Å². The first-order valence-electron chi connectivity index (χ1n) is 9.39. The topological polar surface area (TPSA) is 59.8 Å². The van der Waals surface area contributed by atoms with Gasteiger partial charge in [0.25, 0.3) is 5.91 Å². The second-order valence-electron chi connectivity index (χ2n) is 7.01. The van der Waals surface area contributed by atoms with Crippen molar-refractivity contribution < 1.29 is 18.0 Å². The molecule has 29 heavy (non-hydrogen) atoms. The Morgan fingerprint density at radius 3 is 2.69 bits per heavy atom. The van der Waals surface area contributed by atoms with Crippen molar-refractivity contribution in [3.8, 4) is 0 Å². The van der Waals surface area contributed by atoms with Crippen molar-refractivity contribution in [1.29, 1.82) is 0 Å². The van der Waals surface area contributed by atoms with E-state index < -0.39 is 11.9 Å². The van der Waals surface area contributed by atoms with E-state index in [0.717, 1.165) is 12.8 Å². The minimum absolute atomic E-state index is 0.184. The van der Waals surface area contributed by atoms with Gasteiger partial charge in [-0.25, -0.2) is 4.98 Å². The molecule has 2 heterocycles. The van der Waals surface area contributed by atoms with Crippen molar-refractivity contribution in [1.82, 2.24) is 14.8 Å². The summed E-state index contributed by atoms with van der Waals surface area (Å²) in [6.07, 6.45) is -0.315. The number of fused-ring (bicyclic) bond motifs is 1. The Kier molecular flexibility index (Phi) is 5.08. The molecule has 2 aromatic heterocycles. The summed E-state index contributed by atoms with van der Waals surface area (Å²) in [6.45, 7) is 0.184. The lowest BCUT2D eigenvalue weighted by Gasteiger charge is -2.15. The first kappa shape index (κ1) is 19.2. The Morgan fingerprint density at radius 2 is 1.93 bits per heavy atom. The lowest BCUT2D eigenvalue weighted by molar-refractivity contribution is -0.142. The maximum absolute atomic E-state index is 13.4. The van der Waals surface area contributed by atoms with Crippen LogP contribution < -0.4 is 5.32 Å². The third kappa shape index (κ3) is 4.16. The second kappa shape index (κ2) is 7.69. The Bertz CT molecular complexity index is 1030. The number of rotatable bonds is 4. The SMILES string of the molecule is O=C(Nc1ccccn1)c1cccc(Cn2nc(C(F)(F)F)c3c2CCCC3)c1. The minimum atomic E-state index is -4.46. The zero-order valence-electron chi connectivity index (χ0n) is 15.5. The normalized spacial score (nSPS) is 13.8. The van der Waals surface area contributed by atoms with Gasteiger partial charge in [0.15, 0.2) is 5.69 Å². The largest absolute Gasteiger partial charge is 0.435 e. The summed E-state index contributed by atoms with van der Waals surface area (Å²) < 4.78 is 41.5. The molecule has 3 aromatic rings. The van der Waals surface area contributed by atoms with E-state index in [1.807, 2.05) is 0 Å². The van der Waals surface area contributed by atoms with Crippen LogP contribution >= 0.6 is 0 Å². The lowest BCUT2D eigenvalue weighted by atomic mass is 9.95. The number of hydrogen-bond donors (Lipinski definition) is 1. The van der Waals surface area contributed by atoms with E-state index in [0.29, 0.717) is 41.0 Å². The first-order chi connectivity index (χ1) is 13.9. The van der Waals surface area contributed by atoms with Crippen molar-refractivity contribution in [3.05, 3.63) is 76.7 Å². The molecule has 1 aromatic carbocycles. The molecular weight excluding hydrogens is 381 g/mol. The summed E-state index contributed by atoms with van der Waals surface area (Å²) in [7, 11) is 0. The Balaban J connectivity index is 1.59. The number of alkyl halides is 3. The average Bonchev–Trinajstić information content (AvgIpc) is 3.08. The molecule has 1 N–H and O–H groups in total. The molecule has 1 aliphatic carbocycles. The number of anilines is 1. The molecule has 0 radical (unpaired) electrons. The molecule has 0 fully saturated rings. The van der Waals surface area contributed by atoms with Crippen molar-refractivity contribution in [3.63, 3.8) is 0 Å². The summed E-state index contributed by atoms with van der Waals surface area (Å²) in [5.41, 5.74) is 1.30. The predicted molar refractivity (Wildman–Crippen MR) is 102 cm³/mol. The maximum Gasteiger partial charge on any atom is 0.435 e. The van der Waals surface area contributed by atoms with Crippen molar-refractivity contribution in [2.24, 2.45) is 0 Å². The molecule has 0 spiro atoms. The van der Waals surface area contributed by atoms with E-state index >= 15 is 0 Å². The smallest absolute Gasteiger partial charge is 0.307 e. The fourth-order valence-corrected chi connectivity index (χ4v) is 3.64. The fraction of sp³-hybridized carbons (Fsp3) is 0.286. The molecular formula is C21H19F3N4O. The van der Waals surface area contributed by atoms with Gasteiger partial charge in [0.1, 0.15) is 5.82 Å². The lowest BCUT2D eigenvalue weighted by Crippen LogP contribution is -2.14. The summed E-state index contributed by atoms with van der Waals surface area (Å²) >= 11 is 0. The molecule has 0 atom stereocenters. The molecule has 0 saturated carbocycles. The molecule has 5 nitrogen and oxygen atoms in total. The van der Waals surface area contributed by atoms with E-state index in [4.69, 9.17) is 0 Å². The zero-order chi connectivity index (χ0) is 20.4. The van der Waals surface area contributed by atoms with Gasteiger partial charge in [0, 0.05) is 23.0 Å². The van der Waals surface area contributed by atoms with Crippen LogP contribution in [0.1, 0.15) is 45.7 Å². The number of pyridine rings is 1. The number of hydrogen-bond acceptors (Lipinski definition) is 3. The number of carbonyl (C=O) groups excluding carboxylic acids is 1. The van der Waals surface area contributed by atoms with E-state index in [1.165, 1.54) is 4.68 Å². The van der Waals surface area contributed by atoms with E-state index in [2.05, 4.69) is 15.4 Å². The van der Waals surface area contributed by atoms with Gasteiger partial charge < -0.3 is 5.32 Å². The van der Waals surface area contributed by atoms with Gasteiger partial charge >= 0.3 is 6.18 Å². The number of benzene rings is 1. The molecule has 8 heteroatoms. The van der Waals surface area contributed by atoms with Crippen LogP contribution in [0.15, 0.2) is 48.7 Å². The standard InChI is InChI=1S/C21H19F3N4O/c22-21(23,24)19-16-8-1-2-9-17(16)28(27-19)13-14-6-5-7-15(12-14)20(29)26-18-10-3-4-11-25-18/h3-7,10-12H,1-2,8-9,13H2,(H,25,26,29). The van der Waals surface area contributed by atoms with E-state index in [9.17, 15) is 18.0 Å². The predicted octanol–water partition coefficient (Wildman–Crippen LogP) is 4.48. The third-order valence-electron chi connectivity index (χ3n) is 4.95. The van der Waals surface area contributed by atoms with Crippen molar-refractivity contribution in [2.45, 2.75) is 38.4 Å². The molecule has 4 rings (SSSR count). The molecule has 1 amide bonds. The number of aromatic nitrogens is 3. The van der Waals surface area contributed by atoms with Crippen LogP contribution in [-0.4, -0.2) is 20.7 Å². The highest BCUT2D eigenvalue weighted by Crippen LogP contribution is 2.36. The van der Waals surface area contributed by atoms with Gasteiger partial charge in [-0.05, 0) is 55.5 Å². The molecule has 150 valence electrons. The summed E-state index contributed by atoms with van der Waals surface area (Å²) in [5.74, 6) is 0.0999. The monoisotopic (exact) mass is 400 g/mol. The van der Waals surface area contributed by atoms with Crippen LogP contribution in [0.4, 0.5) is 19.0 Å². The first-order valence-corrected chi connectivity index (χ1v) is 9.39. The van der Waals surface area contributed by atoms with Crippen LogP contribution in [0.3, 0.4) is 0 Å². The van der Waals surface area contributed by atoms with Crippen LogP contribution in [0, 0.1) is 0 Å². The van der Waals surface area contributed by atoms with Crippen molar-refractivity contribution >= 4 is 11.7 Å². The molecule has 0 bridgehead atoms. The van der Waals surface area contributed by atoms with Gasteiger partial charge in [-0.2, -0.15) is 18.3 Å². The fourth-order valence-electron chi connectivity index (χ4n) is 3.64. The van der Waals surface area contributed by atoms with Gasteiger partial charge in [0.2, 0.25) is 0 Å². The van der Waals surface area contributed by atoms with E-state index in [1.54, 1.807) is 48.7 Å². The number of amides is 1. The Morgan fingerprint density at radius 1 is 1.10 bits per heavy atom. The van der Waals surface area contributed by atoms with Crippen LogP contribution in [0.2, 0.25) is 0 Å². The second-order valence-corrected chi connectivity index (χ2v) is 7.01. The summed E-state index contributed by atoms with van der Waals surface area (Å²) in [5, 5.41) is 6.58. The number of nitrogens with zero attached hydrogens (tertiary/aromatic N) is 3. The third-order valence-corrected chi connectivity index (χ3v) is 4.95. The summed E-state index contributed by atoms with van der Waals surface area (Å²) in [6, 6.07) is 12.0. The zero-order valence-corrected chi connectivity index (χ0v) is 15.5. The number of carbonyl (C=O) groups is 1. The summed E-state index contributed by atoms with van der Waals surface area (Å²) in [4.78, 5) is 16.5. The molecule has 0 unspecified atom stereocenters. The van der Waals surface area contributed by atoms with Crippen LogP contribution in [0.25, 0.3) is 0 Å². The highest BCUT2D eigenvalue weighted by atomic mass is 19.4. The van der Waals surface area contributed by atoms with Gasteiger partial charge in [-0.15, -0.1) is 0 Å². The molecule has 0 aliphatic heterocycles. The molecule has 1 aliphatic rings. The minimum Gasteiger partial charge on any atom is -0.307 e. The van der Waals surface area contributed by atoms with Crippen LogP contribution in [-0.2, 0) is 25.6 Å². The Labute approximate surface area is 165 Å². The van der Waals surface area contributed by atoms with Gasteiger partial charge in [0.05, 0.1) is 6.54 Å². The number of nitrogens with one attached hydrogen (secondary N) is 1. The highest BCUT2D eigenvalue weighted by Gasteiger charge is 2.39. The Hall–Kier alpha value is -3.16.